The minimum absolute atomic E-state index is 0.00412. The predicted molar refractivity (Wildman–Crippen MR) is 90.5 cm³/mol. The average molecular weight is 380 g/mol. The summed E-state index contributed by atoms with van der Waals surface area (Å²) in [7, 11) is -3.72. The number of hydrogen-bond acceptors (Lipinski definition) is 3. The molecule has 1 aromatic rings. The fourth-order valence-corrected chi connectivity index (χ4v) is 4.45. The fourth-order valence-electron chi connectivity index (χ4n) is 2.29. The van der Waals surface area contributed by atoms with Crippen LogP contribution in [0.5, 0.6) is 0 Å². The molecule has 1 aliphatic heterocycles. The lowest BCUT2D eigenvalue weighted by Crippen LogP contribution is -2.53. The van der Waals surface area contributed by atoms with Crippen LogP contribution in [0.4, 0.5) is 4.79 Å². The number of carbonyl (C=O) groups excluding carboxylic acids is 1. The van der Waals surface area contributed by atoms with Gasteiger partial charge in [0.25, 0.3) is 0 Å². The van der Waals surface area contributed by atoms with E-state index in [9.17, 15) is 13.2 Å². The largest absolute Gasteiger partial charge is 0.338 e. The monoisotopic (exact) mass is 379 g/mol. The van der Waals surface area contributed by atoms with Gasteiger partial charge in [0, 0.05) is 37.7 Å². The Labute approximate surface area is 146 Å². The number of nitrogens with zero attached hydrogens (tertiary/aromatic N) is 2. The van der Waals surface area contributed by atoms with Gasteiger partial charge in [-0.25, -0.2) is 13.2 Å². The van der Waals surface area contributed by atoms with Crippen molar-refractivity contribution < 1.29 is 13.2 Å². The molecule has 0 radical (unpaired) electrons. The quantitative estimate of drug-likeness (QED) is 0.872. The van der Waals surface area contributed by atoms with Crippen molar-refractivity contribution in [2.24, 2.45) is 0 Å². The Morgan fingerprint density at radius 2 is 1.87 bits per heavy atom. The SMILES string of the molecule is CCCNC(=O)N1CCN(S(=O)(=O)c2cc(Cl)ccc2Cl)CC1. The summed E-state index contributed by atoms with van der Waals surface area (Å²) in [5, 5.41) is 3.23. The molecule has 23 heavy (non-hydrogen) atoms. The summed E-state index contributed by atoms with van der Waals surface area (Å²) in [6.07, 6.45) is 0.855. The number of sulfonamides is 1. The molecule has 0 atom stereocenters. The van der Waals surface area contributed by atoms with E-state index in [1.165, 1.54) is 16.4 Å². The molecule has 1 N–H and O–H groups in total. The summed E-state index contributed by atoms with van der Waals surface area (Å²) in [6.45, 7) is 3.71. The molecule has 0 unspecified atom stereocenters. The molecule has 2 amide bonds. The summed E-state index contributed by atoms with van der Waals surface area (Å²) in [4.78, 5) is 13.5. The number of nitrogens with one attached hydrogen (secondary N) is 1. The molecule has 1 heterocycles. The number of rotatable bonds is 4. The van der Waals surface area contributed by atoms with E-state index in [1.807, 2.05) is 6.92 Å². The maximum absolute atomic E-state index is 12.7. The number of piperazine rings is 1. The van der Waals surface area contributed by atoms with Crippen molar-refractivity contribution in [2.45, 2.75) is 18.2 Å². The average Bonchev–Trinajstić information content (AvgIpc) is 2.54. The second-order valence-corrected chi connectivity index (χ2v) is 7.95. The minimum Gasteiger partial charge on any atom is -0.338 e. The van der Waals surface area contributed by atoms with Crippen LogP contribution < -0.4 is 5.32 Å². The van der Waals surface area contributed by atoms with Gasteiger partial charge >= 0.3 is 6.03 Å². The third-order valence-corrected chi connectivity index (χ3v) is 6.18. The van der Waals surface area contributed by atoms with Gasteiger partial charge in [0.1, 0.15) is 4.90 Å². The highest BCUT2D eigenvalue weighted by Crippen LogP contribution is 2.28. The first-order valence-corrected chi connectivity index (χ1v) is 9.54. The van der Waals surface area contributed by atoms with E-state index in [2.05, 4.69) is 5.32 Å². The first-order chi connectivity index (χ1) is 10.9. The number of carbonyl (C=O) groups is 1. The van der Waals surface area contributed by atoms with Crippen molar-refractivity contribution in [2.75, 3.05) is 32.7 Å². The molecular formula is C14H19Cl2N3O3S. The van der Waals surface area contributed by atoms with Crippen LogP contribution in [0.3, 0.4) is 0 Å². The molecule has 6 nitrogen and oxygen atoms in total. The molecule has 1 aliphatic rings. The van der Waals surface area contributed by atoms with E-state index in [0.717, 1.165) is 6.42 Å². The highest BCUT2D eigenvalue weighted by atomic mass is 35.5. The molecule has 0 spiro atoms. The van der Waals surface area contributed by atoms with Crippen LogP contribution in [0.15, 0.2) is 23.1 Å². The Hall–Kier alpha value is -1.02. The normalized spacial score (nSPS) is 16.4. The number of benzene rings is 1. The Morgan fingerprint density at radius 1 is 1.22 bits per heavy atom. The first kappa shape index (κ1) is 18.3. The highest BCUT2D eigenvalue weighted by molar-refractivity contribution is 7.89. The maximum atomic E-state index is 12.7. The van der Waals surface area contributed by atoms with Crippen molar-refractivity contribution in [1.82, 2.24) is 14.5 Å². The van der Waals surface area contributed by atoms with E-state index in [4.69, 9.17) is 23.2 Å². The van der Waals surface area contributed by atoms with Gasteiger partial charge in [-0.3, -0.25) is 0 Å². The molecule has 0 aromatic heterocycles. The van der Waals surface area contributed by atoms with Gasteiger partial charge in [0.2, 0.25) is 10.0 Å². The van der Waals surface area contributed by atoms with Crippen molar-refractivity contribution in [3.8, 4) is 0 Å². The van der Waals surface area contributed by atoms with E-state index in [0.29, 0.717) is 24.7 Å². The summed E-state index contributed by atoms with van der Waals surface area (Å²) < 4.78 is 26.7. The van der Waals surface area contributed by atoms with Crippen LogP contribution in [0, 0.1) is 0 Å². The molecule has 1 fully saturated rings. The second kappa shape index (κ2) is 7.70. The predicted octanol–water partition coefficient (Wildman–Crippen LogP) is 2.42. The van der Waals surface area contributed by atoms with Gasteiger partial charge in [0.05, 0.1) is 5.02 Å². The Kier molecular flexibility index (Phi) is 6.13. The Balaban J connectivity index is 2.07. The Bertz CT molecular complexity index is 674. The van der Waals surface area contributed by atoms with Gasteiger partial charge in [-0.05, 0) is 24.6 Å². The lowest BCUT2D eigenvalue weighted by Gasteiger charge is -2.34. The molecule has 1 saturated heterocycles. The minimum atomic E-state index is -3.72. The van der Waals surface area contributed by atoms with Crippen LogP contribution in [0.2, 0.25) is 10.0 Å². The molecule has 0 bridgehead atoms. The van der Waals surface area contributed by atoms with Crippen LogP contribution in [-0.2, 0) is 10.0 Å². The molecule has 1 aromatic carbocycles. The van der Waals surface area contributed by atoms with Gasteiger partial charge < -0.3 is 10.2 Å². The fraction of sp³-hybridized carbons (Fsp3) is 0.500. The zero-order valence-electron chi connectivity index (χ0n) is 12.8. The third-order valence-electron chi connectivity index (χ3n) is 3.56. The van der Waals surface area contributed by atoms with Crippen LogP contribution in [0.1, 0.15) is 13.3 Å². The van der Waals surface area contributed by atoms with Crippen molar-refractivity contribution in [1.29, 1.82) is 0 Å². The van der Waals surface area contributed by atoms with Gasteiger partial charge in [-0.1, -0.05) is 30.1 Å². The third kappa shape index (κ3) is 4.29. The molecule has 0 aliphatic carbocycles. The molecule has 0 saturated carbocycles. The zero-order chi connectivity index (χ0) is 17.0. The van der Waals surface area contributed by atoms with Gasteiger partial charge in [0.15, 0.2) is 0 Å². The highest BCUT2D eigenvalue weighted by Gasteiger charge is 2.31. The zero-order valence-corrected chi connectivity index (χ0v) is 15.1. The van der Waals surface area contributed by atoms with E-state index < -0.39 is 10.0 Å². The van der Waals surface area contributed by atoms with Crippen LogP contribution in [0.25, 0.3) is 0 Å². The number of halogens is 2. The number of amides is 2. The molecular weight excluding hydrogens is 361 g/mol. The van der Waals surface area contributed by atoms with E-state index >= 15 is 0 Å². The summed E-state index contributed by atoms with van der Waals surface area (Å²) in [5.74, 6) is 0. The number of hydrogen-bond donors (Lipinski definition) is 1. The lowest BCUT2D eigenvalue weighted by atomic mass is 10.4. The van der Waals surface area contributed by atoms with Crippen LogP contribution in [-0.4, -0.2) is 56.4 Å². The smallest absolute Gasteiger partial charge is 0.317 e. The Morgan fingerprint density at radius 3 is 2.48 bits per heavy atom. The van der Waals surface area contributed by atoms with E-state index in [1.54, 1.807) is 11.0 Å². The summed E-state index contributed by atoms with van der Waals surface area (Å²) >= 11 is 11.9. The second-order valence-electron chi connectivity index (χ2n) is 5.20. The van der Waals surface area contributed by atoms with Gasteiger partial charge in [-0.15, -0.1) is 0 Å². The van der Waals surface area contributed by atoms with Crippen molar-refractivity contribution >= 4 is 39.3 Å². The number of urea groups is 1. The maximum Gasteiger partial charge on any atom is 0.317 e. The standard InChI is InChI=1S/C14H19Cl2N3O3S/c1-2-5-17-14(20)18-6-8-19(9-7-18)23(21,22)13-10-11(15)3-4-12(13)16/h3-4,10H,2,5-9H2,1H3,(H,17,20). The lowest BCUT2D eigenvalue weighted by molar-refractivity contribution is 0.172. The van der Waals surface area contributed by atoms with Crippen molar-refractivity contribution in [3.05, 3.63) is 28.2 Å². The molecule has 128 valence electrons. The van der Waals surface area contributed by atoms with Crippen LogP contribution >= 0.6 is 23.2 Å². The first-order valence-electron chi connectivity index (χ1n) is 7.34. The summed E-state index contributed by atoms with van der Waals surface area (Å²) in [5.41, 5.74) is 0. The molecule has 9 heteroatoms. The van der Waals surface area contributed by atoms with E-state index in [-0.39, 0.29) is 29.0 Å². The van der Waals surface area contributed by atoms with Crippen molar-refractivity contribution in [3.63, 3.8) is 0 Å². The molecule has 2 rings (SSSR count). The topological polar surface area (TPSA) is 69.7 Å². The van der Waals surface area contributed by atoms with Gasteiger partial charge in [-0.2, -0.15) is 4.31 Å². The summed E-state index contributed by atoms with van der Waals surface area (Å²) in [6, 6.07) is 4.19.